The van der Waals surface area contributed by atoms with E-state index >= 15 is 0 Å². The largest absolute Gasteiger partial charge is 0.422 e. The molecule has 0 bridgehead atoms. The molecule has 1 aliphatic carbocycles. The average Bonchev–Trinajstić information content (AvgIpc) is 3.30. The van der Waals surface area contributed by atoms with Crippen LogP contribution in [0.25, 0.3) is 16.2 Å². The molecule has 1 aliphatic heterocycles. The highest BCUT2D eigenvalue weighted by atomic mass is 35.5. The summed E-state index contributed by atoms with van der Waals surface area (Å²) in [6.45, 7) is 0. The number of rotatable bonds is 4. The quantitative estimate of drug-likeness (QED) is 0.143. The lowest BCUT2D eigenvalue weighted by Crippen LogP contribution is -2.39. The summed E-state index contributed by atoms with van der Waals surface area (Å²) in [5.74, 6) is -0.149. The number of benzene rings is 2. The Morgan fingerprint density at radius 1 is 1.09 bits per heavy atom. The first-order valence-corrected chi connectivity index (χ1v) is 13.7. The van der Waals surface area contributed by atoms with Gasteiger partial charge in [0.25, 0.3) is 5.91 Å². The second-order valence-corrected chi connectivity index (χ2v) is 11.7. The lowest BCUT2D eigenvalue weighted by atomic mass is 9.94. The number of hydrogen-bond donors (Lipinski definition) is 0. The monoisotopic (exact) mass is 547 g/mol. The minimum Gasteiger partial charge on any atom is -0.422 e. The van der Waals surface area contributed by atoms with Gasteiger partial charge in [-0.25, -0.2) is 4.79 Å². The van der Waals surface area contributed by atoms with Crippen molar-refractivity contribution in [2.75, 3.05) is 0 Å². The summed E-state index contributed by atoms with van der Waals surface area (Å²) >= 11 is 20.5. The number of thioether (sulfide) groups is 1. The molecule has 34 heavy (non-hydrogen) atoms. The van der Waals surface area contributed by atoms with E-state index in [-0.39, 0.29) is 11.9 Å². The number of carbonyl (C=O) groups is 2. The SMILES string of the molecule is O=C(Oc1ccc(/C=C2\SC(=S)N(C3CCCCC3)C2=O)cc1)c1sc2cc(Cl)ccc2c1Cl. The molecule has 4 nitrogen and oxygen atoms in total. The molecule has 2 fully saturated rings. The number of thiocarbonyl (C=S) groups is 1. The van der Waals surface area contributed by atoms with Crippen molar-refractivity contribution in [2.24, 2.45) is 0 Å². The molecule has 9 heteroatoms. The summed E-state index contributed by atoms with van der Waals surface area (Å²) in [4.78, 5) is 28.4. The van der Waals surface area contributed by atoms with Crippen LogP contribution >= 0.6 is 58.5 Å². The zero-order valence-electron chi connectivity index (χ0n) is 17.9. The van der Waals surface area contributed by atoms with Crippen molar-refractivity contribution in [3.05, 3.63) is 67.9 Å². The molecular formula is C25H19Cl2NO3S3. The predicted octanol–water partition coefficient (Wildman–Crippen LogP) is 7.96. The van der Waals surface area contributed by atoms with Crippen LogP contribution in [-0.2, 0) is 4.79 Å². The molecule has 2 aliphatic rings. The molecule has 5 rings (SSSR count). The molecule has 1 saturated carbocycles. The van der Waals surface area contributed by atoms with Crippen LogP contribution < -0.4 is 4.74 Å². The summed E-state index contributed by atoms with van der Waals surface area (Å²) in [5.41, 5.74) is 0.832. The first kappa shape index (κ1) is 23.8. The van der Waals surface area contributed by atoms with E-state index in [1.165, 1.54) is 29.5 Å². The summed E-state index contributed by atoms with van der Waals surface area (Å²) in [7, 11) is 0. The fourth-order valence-corrected chi connectivity index (χ4v) is 7.30. The van der Waals surface area contributed by atoms with Gasteiger partial charge in [0.1, 0.15) is 14.9 Å². The number of hydrogen-bond acceptors (Lipinski definition) is 6. The van der Waals surface area contributed by atoms with Gasteiger partial charge in [0, 0.05) is 21.2 Å². The molecule has 1 saturated heterocycles. The van der Waals surface area contributed by atoms with Crippen LogP contribution in [0, 0.1) is 0 Å². The van der Waals surface area contributed by atoms with Crippen LogP contribution in [0.15, 0.2) is 47.4 Å². The predicted molar refractivity (Wildman–Crippen MR) is 145 cm³/mol. The first-order valence-electron chi connectivity index (χ1n) is 10.9. The molecular weight excluding hydrogens is 529 g/mol. The lowest BCUT2D eigenvalue weighted by Gasteiger charge is -2.29. The number of fused-ring (bicyclic) bond motifs is 1. The molecule has 3 aromatic rings. The Balaban J connectivity index is 1.29. The highest BCUT2D eigenvalue weighted by molar-refractivity contribution is 8.26. The van der Waals surface area contributed by atoms with Gasteiger partial charge < -0.3 is 4.74 Å². The van der Waals surface area contributed by atoms with Crippen LogP contribution in [0.2, 0.25) is 10.0 Å². The van der Waals surface area contributed by atoms with E-state index < -0.39 is 5.97 Å². The number of amides is 1. The zero-order valence-corrected chi connectivity index (χ0v) is 21.8. The van der Waals surface area contributed by atoms with Gasteiger partial charge in [0.15, 0.2) is 0 Å². The van der Waals surface area contributed by atoms with Gasteiger partial charge in [0.2, 0.25) is 0 Å². The number of thiophene rings is 1. The molecule has 0 radical (unpaired) electrons. The molecule has 0 atom stereocenters. The van der Waals surface area contributed by atoms with E-state index in [1.54, 1.807) is 35.2 Å². The molecule has 1 aromatic heterocycles. The van der Waals surface area contributed by atoms with Gasteiger partial charge in [-0.05, 0) is 48.7 Å². The summed E-state index contributed by atoms with van der Waals surface area (Å²) < 4.78 is 6.99. The Hall–Kier alpha value is -1.90. The Morgan fingerprint density at radius 2 is 1.82 bits per heavy atom. The molecule has 0 N–H and O–H groups in total. The van der Waals surface area contributed by atoms with Gasteiger partial charge >= 0.3 is 5.97 Å². The number of nitrogens with zero attached hydrogens (tertiary/aromatic N) is 1. The highest BCUT2D eigenvalue weighted by Crippen LogP contribution is 2.38. The maximum atomic E-state index is 13.0. The van der Waals surface area contributed by atoms with Gasteiger partial charge in [-0.1, -0.05) is 84.6 Å². The number of halogens is 2. The fourth-order valence-electron chi connectivity index (χ4n) is 4.24. The molecule has 0 unspecified atom stereocenters. The highest BCUT2D eigenvalue weighted by Gasteiger charge is 2.37. The van der Waals surface area contributed by atoms with E-state index in [9.17, 15) is 9.59 Å². The summed E-state index contributed by atoms with van der Waals surface area (Å²) in [5, 5.41) is 1.71. The minimum atomic E-state index is -0.525. The number of carbonyl (C=O) groups excluding carboxylic acids is 2. The van der Waals surface area contributed by atoms with Crippen molar-refractivity contribution in [1.82, 2.24) is 4.90 Å². The van der Waals surface area contributed by atoms with Gasteiger partial charge in [-0.3, -0.25) is 9.69 Å². The normalized spacial score (nSPS) is 18.3. The molecule has 2 heterocycles. The third-order valence-electron chi connectivity index (χ3n) is 5.93. The van der Waals surface area contributed by atoms with Crippen LogP contribution in [0.1, 0.15) is 47.3 Å². The maximum absolute atomic E-state index is 13.0. The van der Waals surface area contributed by atoms with E-state index in [1.807, 2.05) is 18.2 Å². The smallest absolute Gasteiger partial charge is 0.355 e. The van der Waals surface area contributed by atoms with Crippen LogP contribution in [-0.4, -0.2) is 27.1 Å². The summed E-state index contributed by atoms with van der Waals surface area (Å²) in [6.07, 6.45) is 7.36. The lowest BCUT2D eigenvalue weighted by molar-refractivity contribution is -0.124. The molecule has 0 spiro atoms. The van der Waals surface area contributed by atoms with E-state index in [0.29, 0.717) is 29.9 Å². The van der Waals surface area contributed by atoms with Crippen molar-refractivity contribution in [1.29, 1.82) is 0 Å². The maximum Gasteiger partial charge on any atom is 0.355 e. The van der Waals surface area contributed by atoms with Crippen molar-refractivity contribution < 1.29 is 14.3 Å². The molecule has 2 aromatic carbocycles. The second kappa shape index (κ2) is 9.99. The Bertz CT molecular complexity index is 1330. The topological polar surface area (TPSA) is 46.6 Å². The molecule has 174 valence electrons. The van der Waals surface area contributed by atoms with E-state index in [4.69, 9.17) is 40.2 Å². The fraction of sp³-hybridized carbons (Fsp3) is 0.240. The Morgan fingerprint density at radius 3 is 2.56 bits per heavy atom. The molecule has 1 amide bonds. The number of ether oxygens (including phenoxy) is 1. The van der Waals surface area contributed by atoms with Crippen molar-refractivity contribution in [3.63, 3.8) is 0 Å². The third-order valence-corrected chi connectivity index (χ3v) is 9.13. The van der Waals surface area contributed by atoms with Gasteiger partial charge in [0.05, 0.1) is 9.93 Å². The van der Waals surface area contributed by atoms with E-state index in [0.717, 1.165) is 41.3 Å². The minimum absolute atomic E-state index is 0.0167. The standard InChI is InChI=1S/C25H19Cl2NO3S3/c26-15-8-11-18-19(13-15)33-22(21(18)27)24(30)31-17-9-6-14(7-10-17)12-20-23(29)28(25(32)34-20)16-4-2-1-3-5-16/h6-13,16H,1-5H2/b20-12-. The number of esters is 1. The van der Waals surface area contributed by atoms with Crippen LogP contribution in [0.4, 0.5) is 0 Å². The van der Waals surface area contributed by atoms with Gasteiger partial charge in [-0.2, -0.15) is 0 Å². The Labute approximate surface area is 220 Å². The van der Waals surface area contributed by atoms with Crippen molar-refractivity contribution in [3.8, 4) is 5.75 Å². The van der Waals surface area contributed by atoms with Crippen molar-refractivity contribution >= 4 is 90.9 Å². The third kappa shape index (κ3) is 4.77. The zero-order chi connectivity index (χ0) is 23.8. The first-order chi connectivity index (χ1) is 16.4. The van der Waals surface area contributed by atoms with Crippen LogP contribution in [0.3, 0.4) is 0 Å². The average molecular weight is 549 g/mol. The van der Waals surface area contributed by atoms with Gasteiger partial charge in [-0.15, -0.1) is 11.3 Å². The second-order valence-electron chi connectivity index (χ2n) is 8.19. The Kier molecular flexibility index (Phi) is 7.00. The van der Waals surface area contributed by atoms with E-state index in [2.05, 4.69) is 0 Å². The summed E-state index contributed by atoms with van der Waals surface area (Å²) in [6, 6.07) is 12.5. The van der Waals surface area contributed by atoms with Crippen molar-refractivity contribution in [2.45, 2.75) is 38.1 Å². The van der Waals surface area contributed by atoms with Crippen LogP contribution in [0.5, 0.6) is 5.75 Å².